The largest absolute Gasteiger partial charge is 0.310 e. The Morgan fingerprint density at radius 1 is 0.300 bits per heavy atom. The molecule has 1 heterocycles. The van der Waals surface area contributed by atoms with Crippen LogP contribution in [0.25, 0.3) is 49.7 Å². The molecule has 0 saturated heterocycles. The van der Waals surface area contributed by atoms with E-state index in [2.05, 4.69) is 299 Å². The molecular formula is C67H47N3. The Bertz CT molecular complexity index is 3720. The highest BCUT2D eigenvalue weighted by atomic mass is 15.2. The predicted octanol–water partition coefficient (Wildman–Crippen LogP) is 17.8. The summed E-state index contributed by atoms with van der Waals surface area (Å²) in [7, 11) is 0. The summed E-state index contributed by atoms with van der Waals surface area (Å²) in [4.78, 5) is 4.82. The smallest absolute Gasteiger partial charge is 0.0714 e. The highest BCUT2D eigenvalue weighted by Gasteiger charge is 2.46. The van der Waals surface area contributed by atoms with Crippen molar-refractivity contribution in [2.45, 2.75) is 5.41 Å². The van der Waals surface area contributed by atoms with Crippen molar-refractivity contribution in [2.75, 3.05) is 9.80 Å². The van der Waals surface area contributed by atoms with E-state index in [1.165, 1.54) is 44.2 Å². The highest BCUT2D eigenvalue weighted by Crippen LogP contribution is 2.57. The van der Waals surface area contributed by atoms with E-state index >= 15 is 0 Å². The first-order valence-electron chi connectivity index (χ1n) is 24.1. The fourth-order valence-electron chi connectivity index (χ4n) is 11.3. The Morgan fingerprint density at radius 3 is 1.39 bits per heavy atom. The minimum absolute atomic E-state index is 0.511. The van der Waals surface area contributed by atoms with E-state index in [9.17, 15) is 0 Å². The van der Waals surface area contributed by atoms with Crippen molar-refractivity contribution in [3.63, 3.8) is 0 Å². The third-order valence-electron chi connectivity index (χ3n) is 14.2. The van der Waals surface area contributed by atoms with Gasteiger partial charge in [-0.15, -0.1) is 0 Å². The minimum Gasteiger partial charge on any atom is -0.310 e. The second kappa shape index (κ2) is 17.2. The van der Waals surface area contributed by atoms with Crippen molar-refractivity contribution in [3.05, 3.63) is 307 Å². The zero-order valence-corrected chi connectivity index (χ0v) is 38.5. The maximum atomic E-state index is 2.45. The van der Waals surface area contributed by atoms with Gasteiger partial charge in [0.15, 0.2) is 0 Å². The van der Waals surface area contributed by atoms with Crippen molar-refractivity contribution in [2.24, 2.45) is 0 Å². The molecule has 0 aliphatic heterocycles. The van der Waals surface area contributed by atoms with Crippen LogP contribution in [-0.2, 0) is 5.41 Å². The highest BCUT2D eigenvalue weighted by molar-refractivity contribution is 6.17. The average molecular weight is 894 g/mol. The zero-order valence-electron chi connectivity index (χ0n) is 38.5. The summed E-state index contributed by atoms with van der Waals surface area (Å²) in [5.41, 5.74) is 19.4. The van der Waals surface area contributed by atoms with Gasteiger partial charge in [-0.3, -0.25) is 0 Å². The fraction of sp³-hybridized carbons (Fsp3) is 0.0149. The van der Waals surface area contributed by atoms with Gasteiger partial charge in [-0.05, 0) is 136 Å². The molecule has 0 fully saturated rings. The average Bonchev–Trinajstić information content (AvgIpc) is 3.93. The van der Waals surface area contributed by atoms with Crippen LogP contribution in [0.1, 0.15) is 22.3 Å². The maximum absolute atomic E-state index is 2.45. The summed E-state index contributed by atoms with van der Waals surface area (Å²) >= 11 is 0. The van der Waals surface area contributed by atoms with Crippen LogP contribution >= 0.6 is 0 Å². The Balaban J connectivity index is 1.01. The minimum atomic E-state index is -0.511. The molecule has 330 valence electrons. The van der Waals surface area contributed by atoms with Crippen LogP contribution in [-0.4, -0.2) is 4.57 Å². The van der Waals surface area contributed by atoms with Gasteiger partial charge in [0.25, 0.3) is 0 Å². The summed E-state index contributed by atoms with van der Waals surface area (Å²) in [5, 5.41) is 2.40. The molecule has 12 aromatic rings. The third-order valence-corrected chi connectivity index (χ3v) is 14.2. The van der Waals surface area contributed by atoms with Gasteiger partial charge in [0.2, 0.25) is 0 Å². The maximum Gasteiger partial charge on any atom is 0.0714 e. The lowest BCUT2D eigenvalue weighted by Crippen LogP contribution is -2.28. The molecule has 0 bridgehead atoms. The normalized spacial score (nSPS) is 12.4. The predicted molar refractivity (Wildman–Crippen MR) is 293 cm³/mol. The number of fused-ring (bicyclic) bond motifs is 6. The Labute approximate surface area is 409 Å². The Kier molecular flexibility index (Phi) is 10.1. The molecule has 0 amide bonds. The first kappa shape index (κ1) is 41.0. The van der Waals surface area contributed by atoms with Crippen LogP contribution in [0.5, 0.6) is 0 Å². The number of aromatic nitrogens is 1. The lowest BCUT2D eigenvalue weighted by atomic mass is 9.67. The molecule has 0 N–H and O–H groups in total. The van der Waals surface area contributed by atoms with E-state index < -0.39 is 5.41 Å². The van der Waals surface area contributed by atoms with Gasteiger partial charge in [-0.1, -0.05) is 194 Å². The van der Waals surface area contributed by atoms with Gasteiger partial charge in [0, 0.05) is 44.9 Å². The van der Waals surface area contributed by atoms with E-state index in [-0.39, 0.29) is 0 Å². The van der Waals surface area contributed by atoms with Crippen molar-refractivity contribution in [1.82, 2.24) is 4.57 Å². The van der Waals surface area contributed by atoms with E-state index in [1.54, 1.807) is 0 Å². The second-order valence-corrected chi connectivity index (χ2v) is 18.1. The molecule has 3 heteroatoms. The van der Waals surface area contributed by atoms with Gasteiger partial charge in [0.05, 0.1) is 22.1 Å². The molecule has 3 nitrogen and oxygen atoms in total. The van der Waals surface area contributed by atoms with Gasteiger partial charge < -0.3 is 14.4 Å². The summed E-state index contributed by atoms with van der Waals surface area (Å²) in [6.07, 6.45) is 0. The van der Waals surface area contributed by atoms with Crippen LogP contribution in [0.3, 0.4) is 0 Å². The van der Waals surface area contributed by atoms with Gasteiger partial charge in [-0.2, -0.15) is 0 Å². The molecule has 1 aliphatic rings. The molecule has 13 rings (SSSR count). The quantitative estimate of drug-likeness (QED) is 0.136. The van der Waals surface area contributed by atoms with Crippen molar-refractivity contribution in [3.8, 4) is 27.9 Å². The Morgan fingerprint density at radius 2 is 0.771 bits per heavy atom. The number of anilines is 6. The van der Waals surface area contributed by atoms with Crippen LogP contribution in [0.15, 0.2) is 285 Å². The molecule has 1 aliphatic carbocycles. The van der Waals surface area contributed by atoms with Crippen LogP contribution in [0, 0.1) is 0 Å². The van der Waals surface area contributed by atoms with Crippen LogP contribution in [0.2, 0.25) is 0 Å². The topological polar surface area (TPSA) is 11.4 Å². The number of para-hydroxylation sites is 5. The van der Waals surface area contributed by atoms with Crippen molar-refractivity contribution < 1.29 is 0 Å². The Hall–Kier alpha value is -9.18. The molecule has 70 heavy (non-hydrogen) atoms. The first-order valence-corrected chi connectivity index (χ1v) is 24.1. The number of hydrogen-bond acceptors (Lipinski definition) is 2. The van der Waals surface area contributed by atoms with Gasteiger partial charge in [-0.25, -0.2) is 0 Å². The van der Waals surface area contributed by atoms with E-state index in [0.717, 1.165) is 62.0 Å². The molecule has 0 radical (unpaired) electrons. The van der Waals surface area contributed by atoms with Gasteiger partial charge >= 0.3 is 0 Å². The molecule has 1 aromatic heterocycles. The van der Waals surface area contributed by atoms with E-state index in [4.69, 9.17) is 0 Å². The summed E-state index contributed by atoms with van der Waals surface area (Å²) in [6, 6.07) is 104. The van der Waals surface area contributed by atoms with Crippen LogP contribution in [0.4, 0.5) is 34.1 Å². The first-order chi connectivity index (χ1) is 34.8. The number of hydrogen-bond donors (Lipinski definition) is 0. The van der Waals surface area contributed by atoms with Crippen LogP contribution < -0.4 is 9.80 Å². The molecule has 0 spiro atoms. The number of nitrogens with zero attached hydrogens (tertiary/aromatic N) is 3. The number of benzene rings is 11. The standard InChI is InChI=1S/C67H47N3/c1-7-23-50(24-8-1)67(51-25-9-2-10-26-51)61-37-21-19-35-58(61)59-44-43-57(47-62(59)67)68(52-27-11-3-12-28-52)56-41-39-48(40-42-56)49-45-64(69(53-29-13-4-14-30-53)54-31-15-5-16-32-54)66-60-36-20-22-38-63(60)70(65(66)46-49)55-33-17-6-18-34-55/h1-47H. The van der Waals surface area contributed by atoms with Crippen molar-refractivity contribution in [1.29, 1.82) is 0 Å². The van der Waals surface area contributed by atoms with Gasteiger partial charge in [0.1, 0.15) is 0 Å². The number of rotatable bonds is 10. The molecular weight excluding hydrogens is 847 g/mol. The molecule has 0 atom stereocenters. The molecule has 0 unspecified atom stereocenters. The molecule has 0 saturated carbocycles. The van der Waals surface area contributed by atoms with Crippen molar-refractivity contribution >= 4 is 55.9 Å². The zero-order chi connectivity index (χ0) is 46.4. The fourth-order valence-corrected chi connectivity index (χ4v) is 11.3. The third kappa shape index (κ3) is 6.66. The lowest BCUT2D eigenvalue weighted by molar-refractivity contribution is 0.768. The molecule has 11 aromatic carbocycles. The van der Waals surface area contributed by atoms with E-state index in [1.807, 2.05) is 0 Å². The lowest BCUT2D eigenvalue weighted by Gasteiger charge is -2.35. The summed E-state index contributed by atoms with van der Waals surface area (Å²) < 4.78 is 2.42. The summed E-state index contributed by atoms with van der Waals surface area (Å²) in [5.74, 6) is 0. The second-order valence-electron chi connectivity index (χ2n) is 18.1. The summed E-state index contributed by atoms with van der Waals surface area (Å²) in [6.45, 7) is 0. The monoisotopic (exact) mass is 893 g/mol. The SMILES string of the molecule is c1ccc(N(c2ccc(-c3cc(N(c4ccccc4)c4ccccc4)c4c5ccccc5n(-c5ccccc5)c4c3)cc2)c2ccc3c(c2)C(c2ccccc2)(c2ccccc2)c2ccccc2-3)cc1. The van der Waals surface area contributed by atoms with E-state index in [0.29, 0.717) is 0 Å².